The summed E-state index contributed by atoms with van der Waals surface area (Å²) in [5.41, 5.74) is 9.61. The van der Waals surface area contributed by atoms with Crippen LogP contribution in [0.25, 0.3) is 33.6 Å². The number of imidazole rings is 2. The Balaban J connectivity index is 0.899. The van der Waals surface area contributed by atoms with Gasteiger partial charge < -0.3 is 39.9 Å². The highest BCUT2D eigenvalue weighted by Gasteiger charge is 2.57. The van der Waals surface area contributed by atoms with E-state index in [1.54, 1.807) is 0 Å². The summed E-state index contributed by atoms with van der Waals surface area (Å²) >= 11 is 0. The number of rotatable bonds is 11. The van der Waals surface area contributed by atoms with Gasteiger partial charge in [-0.15, -0.1) is 0 Å². The first-order valence-corrected chi connectivity index (χ1v) is 23.1. The second kappa shape index (κ2) is 15.8. The van der Waals surface area contributed by atoms with E-state index in [1.807, 2.05) is 49.9 Å². The van der Waals surface area contributed by atoms with Crippen LogP contribution in [0.3, 0.4) is 0 Å². The van der Waals surface area contributed by atoms with Crippen molar-refractivity contribution in [3.05, 3.63) is 71.6 Å². The number of carbonyl (C=O) groups is 4. The SMILES string of the molecule is COC(=O)NC(C(=O)N1C(c2ncc(-c3ccc(-c4ccc(-c5cnc(C6CC7CC7N6C(=O)C(NC(=O)OC)C(C)C)[nH]5)c5c4CC4(CCCC4)C5)cc3)[nH]2)CC2CC21)C(C)C. The van der Waals surface area contributed by atoms with Crippen LogP contribution in [0.4, 0.5) is 9.59 Å². The fraction of sp³-hybridized carbons (Fsp3) is 0.551. The van der Waals surface area contributed by atoms with Gasteiger partial charge in [0.15, 0.2) is 0 Å². The van der Waals surface area contributed by atoms with E-state index < -0.39 is 24.3 Å². The van der Waals surface area contributed by atoms with Gasteiger partial charge in [0.1, 0.15) is 23.7 Å². The highest BCUT2D eigenvalue weighted by molar-refractivity contribution is 5.88. The predicted molar refractivity (Wildman–Crippen MR) is 236 cm³/mol. The molecule has 6 aliphatic rings. The van der Waals surface area contributed by atoms with Crippen LogP contribution < -0.4 is 10.6 Å². The van der Waals surface area contributed by atoms with Crippen LogP contribution in [0.2, 0.25) is 0 Å². The lowest BCUT2D eigenvalue weighted by Crippen LogP contribution is -2.52. The standard InChI is InChI=1S/C49H60N8O6/c1-25(2)41(54-47(60)62-5)45(58)56-37-17-29(37)19-39(56)43-50-23-35(52-43)28-11-9-27(10-12-28)31-13-14-32(34-22-49(21-33(31)34)15-7-8-16-49)36-24-51-44(53-36)40-20-30-18-38(30)57(40)46(59)42(26(3)4)55-48(61)63-6/h9-14,23-26,29-30,37-42H,7-8,15-22H2,1-6H3,(H,50,52)(H,51,53)(H,54,60)(H,55,61). The van der Waals surface area contributed by atoms with Gasteiger partial charge in [-0.25, -0.2) is 19.6 Å². The van der Waals surface area contributed by atoms with Gasteiger partial charge in [-0.2, -0.15) is 0 Å². The number of alkyl carbamates (subject to hydrolysis) is 2. The zero-order valence-corrected chi connectivity index (χ0v) is 37.2. The van der Waals surface area contributed by atoms with Crippen molar-refractivity contribution in [2.45, 2.75) is 128 Å². The van der Waals surface area contributed by atoms with Crippen LogP contribution in [0.1, 0.15) is 114 Å². The molecule has 63 heavy (non-hydrogen) atoms. The smallest absolute Gasteiger partial charge is 0.407 e. The van der Waals surface area contributed by atoms with Crippen molar-refractivity contribution in [1.29, 1.82) is 0 Å². The Hall–Kier alpha value is -5.66. The molecule has 14 nitrogen and oxygen atoms in total. The molecule has 2 aliphatic heterocycles. The number of carbonyl (C=O) groups excluding carboxylic acids is 4. The number of benzene rings is 2. The van der Waals surface area contributed by atoms with Gasteiger partial charge in [0.05, 0.1) is 50.1 Å². The summed E-state index contributed by atoms with van der Waals surface area (Å²) in [4.78, 5) is 73.3. The molecule has 0 bridgehead atoms. The zero-order chi connectivity index (χ0) is 43.9. The van der Waals surface area contributed by atoms with E-state index in [0.717, 1.165) is 67.1 Å². The molecule has 10 rings (SSSR count). The largest absolute Gasteiger partial charge is 0.453 e. The number of hydrogen-bond acceptors (Lipinski definition) is 8. The molecule has 5 fully saturated rings. The number of likely N-dealkylation sites (tertiary alicyclic amines) is 2. The second-order valence-corrected chi connectivity index (χ2v) is 20.0. The first-order valence-electron chi connectivity index (χ1n) is 23.1. The fourth-order valence-corrected chi connectivity index (χ4v) is 11.8. The molecule has 1 spiro atoms. The molecule has 2 aromatic carbocycles. The van der Waals surface area contributed by atoms with Gasteiger partial charge in [0, 0.05) is 17.6 Å². The van der Waals surface area contributed by atoms with E-state index in [9.17, 15) is 19.2 Å². The van der Waals surface area contributed by atoms with E-state index in [4.69, 9.17) is 19.4 Å². The van der Waals surface area contributed by atoms with E-state index >= 15 is 0 Å². The number of nitrogens with one attached hydrogen (secondary N) is 4. The molecule has 4 heterocycles. The topological polar surface area (TPSA) is 175 Å². The Morgan fingerprint density at radius 2 is 1.11 bits per heavy atom. The quantitative estimate of drug-likeness (QED) is 0.118. The van der Waals surface area contributed by atoms with Gasteiger partial charge in [0.25, 0.3) is 0 Å². The molecule has 2 aromatic heterocycles. The Morgan fingerprint density at radius 1 is 0.651 bits per heavy atom. The molecule has 0 radical (unpaired) electrons. The third-order valence-corrected chi connectivity index (χ3v) is 15.3. The summed E-state index contributed by atoms with van der Waals surface area (Å²) in [6.07, 6.45) is 13.4. The monoisotopic (exact) mass is 856 g/mol. The lowest BCUT2D eigenvalue weighted by atomic mass is 9.82. The lowest BCUT2D eigenvalue weighted by molar-refractivity contribution is -0.137. The molecule has 332 valence electrons. The Kier molecular flexibility index (Phi) is 10.4. The summed E-state index contributed by atoms with van der Waals surface area (Å²) in [7, 11) is 2.63. The molecule has 3 saturated carbocycles. The number of piperidine rings is 2. The average molecular weight is 857 g/mol. The van der Waals surface area contributed by atoms with Gasteiger partial charge in [0.2, 0.25) is 11.8 Å². The number of methoxy groups -OCH3 is 2. The summed E-state index contributed by atoms with van der Waals surface area (Å²) in [6, 6.07) is 11.9. The van der Waals surface area contributed by atoms with Crippen molar-refractivity contribution < 1.29 is 28.7 Å². The zero-order valence-electron chi connectivity index (χ0n) is 37.2. The maximum Gasteiger partial charge on any atom is 0.407 e. The normalized spacial score (nSPS) is 25.8. The van der Waals surface area contributed by atoms with Gasteiger partial charge >= 0.3 is 12.2 Å². The maximum absolute atomic E-state index is 14.1. The van der Waals surface area contributed by atoms with E-state index in [0.29, 0.717) is 11.8 Å². The molecular weight excluding hydrogens is 797 g/mol. The van der Waals surface area contributed by atoms with Crippen LogP contribution in [-0.2, 0) is 31.9 Å². The summed E-state index contributed by atoms with van der Waals surface area (Å²) in [5, 5.41) is 5.55. The molecule has 4 amide bonds. The summed E-state index contributed by atoms with van der Waals surface area (Å²) < 4.78 is 9.70. The molecule has 8 unspecified atom stereocenters. The second-order valence-electron chi connectivity index (χ2n) is 20.0. The third-order valence-electron chi connectivity index (χ3n) is 15.3. The third kappa shape index (κ3) is 7.36. The van der Waals surface area contributed by atoms with Crippen LogP contribution >= 0.6 is 0 Å². The van der Waals surface area contributed by atoms with E-state index in [1.165, 1.54) is 67.7 Å². The minimum Gasteiger partial charge on any atom is -0.453 e. The molecule has 4 aliphatic carbocycles. The number of H-pyrrole nitrogens is 2. The lowest BCUT2D eigenvalue weighted by Gasteiger charge is -2.31. The van der Waals surface area contributed by atoms with Crippen molar-refractivity contribution in [3.63, 3.8) is 0 Å². The molecule has 14 heteroatoms. The molecule has 2 saturated heterocycles. The predicted octanol–water partition coefficient (Wildman–Crippen LogP) is 7.88. The Labute approximate surface area is 368 Å². The van der Waals surface area contributed by atoms with E-state index in [-0.39, 0.29) is 53.2 Å². The highest BCUT2D eigenvalue weighted by Crippen LogP contribution is 2.56. The van der Waals surface area contributed by atoms with Gasteiger partial charge in [-0.05, 0) is 108 Å². The van der Waals surface area contributed by atoms with Crippen LogP contribution in [-0.4, -0.2) is 92.1 Å². The van der Waals surface area contributed by atoms with Crippen molar-refractivity contribution in [3.8, 4) is 33.6 Å². The molecule has 4 aromatic rings. The first kappa shape index (κ1) is 41.4. The Morgan fingerprint density at radius 3 is 1.62 bits per heavy atom. The van der Waals surface area contributed by atoms with Gasteiger partial charge in [-0.1, -0.05) is 76.9 Å². The van der Waals surface area contributed by atoms with E-state index in [2.05, 4.69) is 57.0 Å². The fourth-order valence-electron chi connectivity index (χ4n) is 11.8. The minimum absolute atomic E-state index is 0.0781. The number of nitrogens with zero attached hydrogens (tertiary/aromatic N) is 4. The molecular formula is C49H60N8O6. The number of amides is 4. The van der Waals surface area contributed by atoms with Crippen LogP contribution in [0.5, 0.6) is 0 Å². The first-order chi connectivity index (χ1) is 30.4. The Bertz CT molecular complexity index is 2430. The van der Waals surface area contributed by atoms with Crippen molar-refractivity contribution in [1.82, 2.24) is 40.4 Å². The number of ether oxygens (including phenoxy) is 2. The molecule has 4 N–H and O–H groups in total. The van der Waals surface area contributed by atoms with Crippen molar-refractivity contribution >= 4 is 24.0 Å². The van der Waals surface area contributed by atoms with Gasteiger partial charge in [-0.3, -0.25) is 9.59 Å². The number of hydrogen-bond donors (Lipinski definition) is 4. The van der Waals surface area contributed by atoms with Crippen LogP contribution in [0.15, 0.2) is 48.8 Å². The van der Waals surface area contributed by atoms with Crippen molar-refractivity contribution in [2.75, 3.05) is 14.2 Å². The maximum atomic E-state index is 14.1. The number of aromatic amines is 2. The van der Waals surface area contributed by atoms with Crippen LogP contribution in [0, 0.1) is 29.1 Å². The minimum atomic E-state index is -0.676. The number of fused-ring (bicyclic) bond motifs is 3. The van der Waals surface area contributed by atoms with Crippen molar-refractivity contribution in [2.24, 2.45) is 29.1 Å². The number of aromatic nitrogens is 4. The molecule has 8 atom stereocenters. The average Bonchev–Trinajstić information content (AvgIpc) is 3.73. The summed E-state index contributed by atoms with van der Waals surface area (Å²) in [5.74, 6) is 2.11. The summed E-state index contributed by atoms with van der Waals surface area (Å²) in [6.45, 7) is 7.76. The highest BCUT2D eigenvalue weighted by atomic mass is 16.5.